The zero-order chi connectivity index (χ0) is 11.4. The minimum atomic E-state index is 0.233. The molecule has 4 heteroatoms. The number of nitrogens with one attached hydrogen (secondary N) is 1. The van der Waals surface area contributed by atoms with Gasteiger partial charge in [0.1, 0.15) is 5.65 Å². The number of ether oxygens (including phenoxy) is 1. The van der Waals surface area contributed by atoms with Crippen molar-refractivity contribution in [2.75, 3.05) is 13.7 Å². The van der Waals surface area contributed by atoms with Gasteiger partial charge in [-0.15, -0.1) is 0 Å². The summed E-state index contributed by atoms with van der Waals surface area (Å²) in [6.45, 7) is 3.65. The lowest BCUT2D eigenvalue weighted by Crippen LogP contribution is -2.25. The number of aromatic nitrogens is 2. The van der Waals surface area contributed by atoms with Crippen LogP contribution in [0.1, 0.15) is 12.6 Å². The van der Waals surface area contributed by atoms with E-state index in [-0.39, 0.29) is 6.10 Å². The summed E-state index contributed by atoms with van der Waals surface area (Å²) >= 11 is 0. The molecule has 0 aromatic carbocycles. The molecule has 0 saturated heterocycles. The lowest BCUT2D eigenvalue weighted by Gasteiger charge is -2.09. The molecule has 0 spiro atoms. The van der Waals surface area contributed by atoms with Gasteiger partial charge in [-0.1, -0.05) is 6.07 Å². The fourth-order valence-corrected chi connectivity index (χ4v) is 1.56. The van der Waals surface area contributed by atoms with E-state index in [4.69, 9.17) is 4.74 Å². The Balaban J connectivity index is 1.94. The minimum absolute atomic E-state index is 0.233. The fraction of sp³-hybridized carbons (Fsp3) is 0.417. The molecule has 0 aliphatic heterocycles. The molecule has 0 radical (unpaired) electrons. The zero-order valence-electron chi connectivity index (χ0n) is 9.68. The number of hydrogen-bond acceptors (Lipinski definition) is 3. The smallest absolute Gasteiger partial charge is 0.137 e. The number of fused-ring (bicyclic) bond motifs is 1. The lowest BCUT2D eigenvalue weighted by atomic mass is 10.4. The van der Waals surface area contributed by atoms with E-state index in [9.17, 15) is 0 Å². The lowest BCUT2D eigenvalue weighted by molar-refractivity contribution is 0.117. The van der Waals surface area contributed by atoms with E-state index < -0.39 is 0 Å². The molecule has 86 valence electrons. The summed E-state index contributed by atoms with van der Waals surface area (Å²) < 4.78 is 7.18. The molecule has 2 heterocycles. The molecule has 4 nitrogen and oxygen atoms in total. The molecule has 1 N–H and O–H groups in total. The number of methoxy groups -OCH3 is 1. The number of rotatable bonds is 5. The van der Waals surface area contributed by atoms with Gasteiger partial charge >= 0.3 is 0 Å². The highest BCUT2D eigenvalue weighted by molar-refractivity contribution is 5.39. The highest BCUT2D eigenvalue weighted by atomic mass is 16.5. The van der Waals surface area contributed by atoms with Crippen LogP contribution in [0.4, 0.5) is 0 Å². The Kier molecular flexibility index (Phi) is 3.54. The van der Waals surface area contributed by atoms with Crippen molar-refractivity contribution in [1.82, 2.24) is 14.7 Å². The second-order valence-corrected chi connectivity index (χ2v) is 3.88. The van der Waals surface area contributed by atoms with Gasteiger partial charge in [0.25, 0.3) is 0 Å². The molecule has 2 rings (SSSR count). The van der Waals surface area contributed by atoms with Crippen molar-refractivity contribution < 1.29 is 4.74 Å². The standard InChI is InChI=1S/C12H17N3O/c1-10(16-2)7-13-8-11-9-15-6-4-3-5-12(15)14-11/h3-6,9-10,13H,7-8H2,1-2H3. The Hall–Kier alpha value is -1.39. The molecule has 2 aromatic heterocycles. The van der Waals surface area contributed by atoms with E-state index in [2.05, 4.69) is 10.3 Å². The summed E-state index contributed by atoms with van der Waals surface area (Å²) in [5.41, 5.74) is 2.04. The van der Waals surface area contributed by atoms with Gasteiger partial charge in [0.05, 0.1) is 11.8 Å². The maximum atomic E-state index is 5.16. The van der Waals surface area contributed by atoms with E-state index in [1.807, 2.05) is 41.9 Å². The molecule has 2 aromatic rings. The van der Waals surface area contributed by atoms with Crippen molar-refractivity contribution >= 4 is 5.65 Å². The molecule has 1 unspecified atom stereocenters. The van der Waals surface area contributed by atoms with E-state index in [0.29, 0.717) is 0 Å². The highest BCUT2D eigenvalue weighted by Crippen LogP contribution is 2.03. The average Bonchev–Trinajstić information content (AvgIpc) is 2.71. The first-order chi connectivity index (χ1) is 7.79. The van der Waals surface area contributed by atoms with E-state index >= 15 is 0 Å². The van der Waals surface area contributed by atoms with Crippen LogP contribution in [0.2, 0.25) is 0 Å². The molecular weight excluding hydrogens is 202 g/mol. The Bertz CT molecular complexity index is 419. The van der Waals surface area contributed by atoms with Crippen LogP contribution in [0.15, 0.2) is 30.6 Å². The predicted octanol–water partition coefficient (Wildman–Crippen LogP) is 1.46. The van der Waals surface area contributed by atoms with Gasteiger partial charge in [-0.05, 0) is 19.1 Å². The Morgan fingerprint density at radius 2 is 2.38 bits per heavy atom. The van der Waals surface area contributed by atoms with Crippen molar-refractivity contribution in [3.8, 4) is 0 Å². The number of hydrogen-bond donors (Lipinski definition) is 1. The zero-order valence-corrected chi connectivity index (χ0v) is 9.68. The van der Waals surface area contributed by atoms with Gasteiger partial charge in [0, 0.05) is 32.6 Å². The van der Waals surface area contributed by atoms with Gasteiger partial charge in [0.15, 0.2) is 0 Å². The van der Waals surface area contributed by atoms with E-state index in [1.165, 1.54) is 0 Å². The summed E-state index contributed by atoms with van der Waals surface area (Å²) in [4.78, 5) is 4.50. The van der Waals surface area contributed by atoms with E-state index in [0.717, 1.165) is 24.4 Å². The Morgan fingerprint density at radius 1 is 1.50 bits per heavy atom. The summed E-state index contributed by atoms with van der Waals surface area (Å²) in [7, 11) is 1.72. The molecule has 0 saturated carbocycles. The second kappa shape index (κ2) is 5.09. The number of nitrogens with zero attached hydrogens (tertiary/aromatic N) is 2. The maximum Gasteiger partial charge on any atom is 0.137 e. The van der Waals surface area contributed by atoms with Crippen LogP contribution >= 0.6 is 0 Å². The third-order valence-electron chi connectivity index (χ3n) is 2.55. The minimum Gasteiger partial charge on any atom is -0.380 e. The molecule has 0 aliphatic rings. The SMILES string of the molecule is COC(C)CNCc1cn2ccccc2n1. The maximum absolute atomic E-state index is 5.16. The molecule has 0 bridgehead atoms. The first kappa shape index (κ1) is 11.1. The summed E-state index contributed by atoms with van der Waals surface area (Å²) in [5.74, 6) is 0. The van der Waals surface area contributed by atoms with Gasteiger partial charge < -0.3 is 14.5 Å². The van der Waals surface area contributed by atoms with Gasteiger partial charge in [0.2, 0.25) is 0 Å². The molecule has 0 amide bonds. The van der Waals surface area contributed by atoms with Crippen LogP contribution in [-0.2, 0) is 11.3 Å². The van der Waals surface area contributed by atoms with Crippen LogP contribution in [0.25, 0.3) is 5.65 Å². The van der Waals surface area contributed by atoms with Crippen LogP contribution in [0.5, 0.6) is 0 Å². The van der Waals surface area contributed by atoms with Gasteiger partial charge in [-0.2, -0.15) is 0 Å². The first-order valence-corrected chi connectivity index (χ1v) is 5.45. The summed E-state index contributed by atoms with van der Waals surface area (Å²) in [6, 6.07) is 5.99. The normalized spacial score (nSPS) is 13.1. The highest BCUT2D eigenvalue weighted by Gasteiger charge is 2.02. The Morgan fingerprint density at radius 3 is 3.12 bits per heavy atom. The van der Waals surface area contributed by atoms with Crippen LogP contribution in [0.3, 0.4) is 0 Å². The van der Waals surface area contributed by atoms with Crippen molar-refractivity contribution in [2.24, 2.45) is 0 Å². The van der Waals surface area contributed by atoms with Gasteiger partial charge in [-0.25, -0.2) is 4.98 Å². The van der Waals surface area contributed by atoms with Crippen molar-refractivity contribution in [2.45, 2.75) is 19.6 Å². The van der Waals surface area contributed by atoms with Gasteiger partial charge in [-0.3, -0.25) is 0 Å². The summed E-state index contributed by atoms with van der Waals surface area (Å²) in [6.07, 6.45) is 4.28. The number of imidazole rings is 1. The van der Waals surface area contributed by atoms with Crippen LogP contribution in [0, 0.1) is 0 Å². The average molecular weight is 219 g/mol. The quantitative estimate of drug-likeness (QED) is 0.827. The third-order valence-corrected chi connectivity index (χ3v) is 2.55. The van der Waals surface area contributed by atoms with Crippen molar-refractivity contribution in [3.05, 3.63) is 36.3 Å². The molecule has 0 fully saturated rings. The Labute approximate surface area is 95.3 Å². The van der Waals surface area contributed by atoms with Crippen LogP contribution < -0.4 is 5.32 Å². The molecule has 0 aliphatic carbocycles. The van der Waals surface area contributed by atoms with Crippen LogP contribution in [-0.4, -0.2) is 29.1 Å². The monoisotopic (exact) mass is 219 g/mol. The predicted molar refractivity (Wildman–Crippen MR) is 63.4 cm³/mol. The third kappa shape index (κ3) is 2.59. The van der Waals surface area contributed by atoms with Crippen molar-refractivity contribution in [3.63, 3.8) is 0 Å². The topological polar surface area (TPSA) is 38.6 Å². The molecular formula is C12H17N3O. The number of pyridine rings is 1. The second-order valence-electron chi connectivity index (χ2n) is 3.88. The molecule has 1 atom stereocenters. The fourth-order valence-electron chi connectivity index (χ4n) is 1.56. The first-order valence-electron chi connectivity index (χ1n) is 5.45. The van der Waals surface area contributed by atoms with E-state index in [1.54, 1.807) is 7.11 Å². The van der Waals surface area contributed by atoms with Crippen molar-refractivity contribution in [1.29, 1.82) is 0 Å². The summed E-state index contributed by atoms with van der Waals surface area (Å²) in [5, 5.41) is 3.31. The molecule has 16 heavy (non-hydrogen) atoms. The largest absolute Gasteiger partial charge is 0.380 e.